The number of furan rings is 1. The fourth-order valence-electron chi connectivity index (χ4n) is 4.51. The molecule has 0 spiro atoms. The number of fused-ring (bicyclic) bond motifs is 1. The summed E-state index contributed by atoms with van der Waals surface area (Å²) in [5.74, 6) is 0.0856. The third kappa shape index (κ3) is 4.14. The highest BCUT2D eigenvalue weighted by atomic mass is 32.2. The second-order valence-electron chi connectivity index (χ2n) is 9.09. The normalized spacial score (nSPS) is 15.0. The first-order valence-electron chi connectivity index (χ1n) is 11.5. The van der Waals surface area contributed by atoms with Crippen LogP contribution in [0.2, 0.25) is 0 Å². The van der Waals surface area contributed by atoms with Crippen molar-refractivity contribution in [3.63, 3.8) is 0 Å². The molecule has 4 rings (SSSR count). The summed E-state index contributed by atoms with van der Waals surface area (Å²) >= 11 is 0. The van der Waals surface area contributed by atoms with E-state index in [2.05, 4.69) is 0 Å². The van der Waals surface area contributed by atoms with Gasteiger partial charge in [-0.2, -0.15) is 0 Å². The fraction of sp³-hybridized carbons (Fsp3) is 0.423. The molecule has 1 aliphatic rings. The number of rotatable bonds is 4. The van der Waals surface area contributed by atoms with Gasteiger partial charge in [0, 0.05) is 31.1 Å². The second-order valence-corrected chi connectivity index (χ2v) is 11.0. The van der Waals surface area contributed by atoms with Crippen molar-refractivity contribution in [1.29, 1.82) is 0 Å². The molecule has 33 heavy (non-hydrogen) atoms. The predicted octanol–water partition coefficient (Wildman–Crippen LogP) is 5.51. The van der Waals surface area contributed by atoms with Gasteiger partial charge in [0.05, 0.1) is 5.69 Å². The molecule has 0 bridgehead atoms. The van der Waals surface area contributed by atoms with Crippen LogP contribution in [0, 0.1) is 27.7 Å². The Morgan fingerprint density at radius 1 is 0.939 bits per heavy atom. The first-order valence-corrected chi connectivity index (χ1v) is 12.9. The number of amides is 1. The van der Waals surface area contributed by atoms with E-state index < -0.39 is 10.0 Å². The van der Waals surface area contributed by atoms with Gasteiger partial charge in [-0.3, -0.25) is 9.10 Å². The Morgan fingerprint density at radius 2 is 1.55 bits per heavy atom. The average Bonchev–Trinajstić information content (AvgIpc) is 2.96. The molecule has 0 radical (unpaired) electrons. The number of hydrogen-bond acceptors (Lipinski definition) is 4. The van der Waals surface area contributed by atoms with Gasteiger partial charge in [-0.15, -0.1) is 0 Å². The highest BCUT2D eigenvalue weighted by Crippen LogP contribution is 2.37. The van der Waals surface area contributed by atoms with Crippen molar-refractivity contribution in [3.8, 4) is 0 Å². The number of carbonyl (C=O) groups excluding carboxylic acids is 1. The van der Waals surface area contributed by atoms with Crippen molar-refractivity contribution in [3.05, 3.63) is 58.3 Å². The van der Waals surface area contributed by atoms with Gasteiger partial charge in [0.2, 0.25) is 0 Å². The van der Waals surface area contributed by atoms with Gasteiger partial charge >= 0.3 is 0 Å². The van der Waals surface area contributed by atoms with Crippen LogP contribution in [0.25, 0.3) is 11.0 Å². The first kappa shape index (κ1) is 23.4. The van der Waals surface area contributed by atoms with Crippen molar-refractivity contribution < 1.29 is 17.6 Å². The fourth-order valence-corrected chi connectivity index (χ4v) is 6.11. The number of sulfonamides is 1. The maximum atomic E-state index is 13.8. The monoisotopic (exact) mass is 468 g/mol. The molecule has 7 heteroatoms. The summed E-state index contributed by atoms with van der Waals surface area (Å²) in [5, 5.41) is 0.673. The molecule has 0 unspecified atom stereocenters. The molecule has 2 heterocycles. The van der Waals surface area contributed by atoms with Crippen LogP contribution < -0.4 is 4.31 Å². The SMILES string of the molecule is Cc1ccc(N(C)S(=O)(=O)c2c(C)c(C)cc3c(C)c(C(=O)N4CCCCCC4)oc23)cc1. The predicted molar refractivity (Wildman–Crippen MR) is 132 cm³/mol. The lowest BCUT2D eigenvalue weighted by molar-refractivity contribution is 0.0731. The summed E-state index contributed by atoms with van der Waals surface area (Å²) in [6, 6.07) is 9.27. The minimum absolute atomic E-state index is 0.124. The molecule has 1 amide bonds. The number of hydrogen-bond donors (Lipinski definition) is 0. The summed E-state index contributed by atoms with van der Waals surface area (Å²) in [6.07, 6.45) is 4.19. The summed E-state index contributed by atoms with van der Waals surface area (Å²) in [5.41, 5.74) is 4.04. The van der Waals surface area contributed by atoms with E-state index in [0.29, 0.717) is 35.3 Å². The van der Waals surface area contributed by atoms with Crippen LogP contribution in [0.4, 0.5) is 5.69 Å². The van der Waals surface area contributed by atoms with E-state index in [1.807, 2.05) is 43.9 Å². The minimum atomic E-state index is -3.93. The second kappa shape index (κ2) is 8.86. The minimum Gasteiger partial charge on any atom is -0.449 e. The number of benzene rings is 2. The smallest absolute Gasteiger partial charge is 0.289 e. The van der Waals surface area contributed by atoms with Crippen molar-refractivity contribution in [2.24, 2.45) is 0 Å². The van der Waals surface area contributed by atoms with Crippen molar-refractivity contribution in [2.75, 3.05) is 24.4 Å². The lowest BCUT2D eigenvalue weighted by Gasteiger charge is -2.21. The Morgan fingerprint density at radius 3 is 2.15 bits per heavy atom. The molecule has 0 atom stereocenters. The van der Waals surface area contributed by atoms with Crippen LogP contribution >= 0.6 is 0 Å². The molecule has 1 aromatic heterocycles. The lowest BCUT2D eigenvalue weighted by Crippen LogP contribution is -2.31. The zero-order valence-corrected chi connectivity index (χ0v) is 20.9. The van der Waals surface area contributed by atoms with E-state index in [1.54, 1.807) is 26.1 Å². The van der Waals surface area contributed by atoms with E-state index in [9.17, 15) is 13.2 Å². The Balaban J connectivity index is 1.86. The molecule has 1 saturated heterocycles. The molecular formula is C26H32N2O4S. The molecule has 6 nitrogen and oxygen atoms in total. The first-order chi connectivity index (χ1) is 15.6. The van der Waals surface area contributed by atoms with E-state index in [4.69, 9.17) is 4.42 Å². The number of likely N-dealkylation sites (tertiary alicyclic amines) is 1. The Labute approximate surface area is 196 Å². The van der Waals surface area contributed by atoms with Crippen molar-refractivity contribution >= 4 is 32.6 Å². The van der Waals surface area contributed by atoms with Crippen LogP contribution in [-0.4, -0.2) is 39.4 Å². The van der Waals surface area contributed by atoms with Crippen molar-refractivity contribution in [1.82, 2.24) is 4.90 Å². The maximum absolute atomic E-state index is 13.8. The zero-order chi connectivity index (χ0) is 23.9. The number of carbonyl (C=O) groups is 1. The van der Waals surface area contributed by atoms with Gasteiger partial charge in [-0.25, -0.2) is 8.42 Å². The molecule has 0 aliphatic carbocycles. The summed E-state index contributed by atoms with van der Waals surface area (Å²) < 4.78 is 35.0. The molecule has 176 valence electrons. The lowest BCUT2D eigenvalue weighted by atomic mass is 10.0. The maximum Gasteiger partial charge on any atom is 0.289 e. The molecule has 0 saturated carbocycles. The summed E-state index contributed by atoms with van der Waals surface area (Å²) in [6.45, 7) is 8.89. The molecule has 2 aromatic carbocycles. The largest absolute Gasteiger partial charge is 0.449 e. The van der Waals surface area contributed by atoms with Gasteiger partial charge in [0.15, 0.2) is 11.3 Å². The third-order valence-corrected chi connectivity index (χ3v) is 8.74. The number of nitrogens with zero attached hydrogens (tertiary/aromatic N) is 2. The molecule has 0 N–H and O–H groups in total. The Hall–Kier alpha value is -2.80. The Kier molecular flexibility index (Phi) is 6.27. The standard InChI is InChI=1S/C26H32N2O4S/c1-17-10-12-21(13-11-17)27(5)33(30,31)25-19(3)18(2)16-22-20(4)23(32-24(22)25)26(29)28-14-8-6-7-9-15-28/h10-13,16H,6-9,14-15H2,1-5H3. The summed E-state index contributed by atoms with van der Waals surface area (Å²) in [4.78, 5) is 15.3. The van der Waals surface area contributed by atoms with Crippen LogP contribution in [0.15, 0.2) is 39.6 Å². The summed E-state index contributed by atoms with van der Waals surface area (Å²) in [7, 11) is -2.38. The van der Waals surface area contributed by atoms with Crippen molar-refractivity contribution in [2.45, 2.75) is 58.3 Å². The number of anilines is 1. The average molecular weight is 469 g/mol. The van der Waals surface area contributed by atoms with E-state index in [-0.39, 0.29) is 22.1 Å². The highest BCUT2D eigenvalue weighted by Gasteiger charge is 2.32. The Bertz CT molecular complexity index is 1300. The van der Waals surface area contributed by atoms with Gasteiger partial charge < -0.3 is 9.32 Å². The highest BCUT2D eigenvalue weighted by molar-refractivity contribution is 7.93. The van der Waals surface area contributed by atoms with E-state index >= 15 is 0 Å². The topological polar surface area (TPSA) is 70.8 Å². The molecular weight excluding hydrogens is 436 g/mol. The van der Waals surface area contributed by atoms with Gasteiger partial charge in [0.1, 0.15) is 4.90 Å². The zero-order valence-electron chi connectivity index (χ0n) is 20.1. The van der Waals surface area contributed by atoms with Gasteiger partial charge in [0.25, 0.3) is 15.9 Å². The van der Waals surface area contributed by atoms with Gasteiger partial charge in [-0.05, 0) is 69.9 Å². The number of aryl methyl sites for hydroxylation is 3. The van der Waals surface area contributed by atoms with Crippen LogP contribution in [0.5, 0.6) is 0 Å². The van der Waals surface area contributed by atoms with Crippen LogP contribution in [0.1, 0.15) is 58.5 Å². The van der Waals surface area contributed by atoms with Gasteiger partial charge in [-0.1, -0.05) is 30.5 Å². The molecule has 3 aromatic rings. The van der Waals surface area contributed by atoms with Crippen LogP contribution in [0.3, 0.4) is 0 Å². The molecule has 1 aliphatic heterocycles. The van der Waals surface area contributed by atoms with Crippen LogP contribution in [-0.2, 0) is 10.0 Å². The van der Waals surface area contributed by atoms with E-state index in [0.717, 1.165) is 36.8 Å². The third-order valence-electron chi connectivity index (χ3n) is 6.80. The van der Waals surface area contributed by atoms with E-state index in [1.165, 1.54) is 4.31 Å². The molecule has 1 fully saturated rings. The quantitative estimate of drug-likeness (QED) is 0.506.